The number of imidazole rings is 1. The van der Waals surface area contributed by atoms with Gasteiger partial charge in [0.1, 0.15) is 6.04 Å². The van der Waals surface area contributed by atoms with Gasteiger partial charge in [0.05, 0.1) is 6.33 Å². The van der Waals surface area contributed by atoms with Crippen LogP contribution in [0.4, 0.5) is 0 Å². The topological polar surface area (TPSA) is 84.2 Å². The van der Waals surface area contributed by atoms with Gasteiger partial charge in [-0.1, -0.05) is 13.3 Å². The Morgan fingerprint density at radius 3 is 2.72 bits per heavy atom. The molecule has 1 amide bonds. The summed E-state index contributed by atoms with van der Waals surface area (Å²) in [5, 5.41) is 11.2. The van der Waals surface area contributed by atoms with Gasteiger partial charge >= 0.3 is 5.97 Å². The fourth-order valence-electron chi connectivity index (χ4n) is 1.75. The summed E-state index contributed by atoms with van der Waals surface area (Å²) >= 11 is 0. The SMILES string of the molecule is CCCC(CC(=O)N[C@@H](C)C(=O)O)n1ccnc1. The highest BCUT2D eigenvalue weighted by atomic mass is 16.4. The van der Waals surface area contributed by atoms with Crippen molar-refractivity contribution in [1.82, 2.24) is 14.9 Å². The van der Waals surface area contributed by atoms with E-state index in [0.29, 0.717) is 0 Å². The number of carbonyl (C=O) groups excluding carboxylic acids is 1. The average Bonchev–Trinajstić information content (AvgIpc) is 2.81. The third kappa shape index (κ3) is 4.20. The number of carboxylic acid groups (broad SMARTS) is 1. The molecule has 6 nitrogen and oxygen atoms in total. The van der Waals surface area contributed by atoms with Crippen LogP contribution >= 0.6 is 0 Å². The number of amides is 1. The summed E-state index contributed by atoms with van der Waals surface area (Å²) in [6.45, 7) is 3.49. The highest BCUT2D eigenvalue weighted by Crippen LogP contribution is 2.17. The number of aromatic nitrogens is 2. The van der Waals surface area contributed by atoms with Gasteiger partial charge in [-0.3, -0.25) is 9.59 Å². The van der Waals surface area contributed by atoms with Crippen LogP contribution in [-0.4, -0.2) is 32.6 Å². The standard InChI is InChI=1S/C12H19N3O3/c1-3-4-10(15-6-5-13-8-15)7-11(16)14-9(2)12(17)18/h5-6,8-10H,3-4,7H2,1-2H3,(H,14,16)(H,17,18)/t9-,10?/m0/s1. The third-order valence-corrected chi connectivity index (χ3v) is 2.74. The molecule has 0 aromatic carbocycles. The van der Waals surface area contributed by atoms with Crippen LogP contribution in [0.25, 0.3) is 0 Å². The Kier molecular flexibility index (Phi) is 5.35. The van der Waals surface area contributed by atoms with Gasteiger partial charge in [-0.05, 0) is 13.3 Å². The zero-order valence-corrected chi connectivity index (χ0v) is 10.7. The molecule has 0 bridgehead atoms. The van der Waals surface area contributed by atoms with E-state index < -0.39 is 12.0 Å². The second kappa shape index (κ2) is 6.78. The Balaban J connectivity index is 2.56. The lowest BCUT2D eigenvalue weighted by Gasteiger charge is -2.18. The first-order chi connectivity index (χ1) is 8.54. The normalized spacial score (nSPS) is 13.9. The van der Waals surface area contributed by atoms with Crippen molar-refractivity contribution in [2.45, 2.75) is 45.2 Å². The Bertz CT molecular complexity index is 389. The van der Waals surface area contributed by atoms with E-state index in [1.54, 1.807) is 12.5 Å². The van der Waals surface area contributed by atoms with Crippen molar-refractivity contribution in [3.63, 3.8) is 0 Å². The minimum absolute atomic E-state index is 0.0264. The minimum Gasteiger partial charge on any atom is -0.480 e. The molecule has 1 aromatic heterocycles. The molecule has 0 radical (unpaired) electrons. The Morgan fingerprint density at radius 2 is 2.22 bits per heavy atom. The molecule has 2 N–H and O–H groups in total. The molecule has 0 saturated heterocycles. The van der Waals surface area contributed by atoms with E-state index in [-0.39, 0.29) is 18.4 Å². The van der Waals surface area contributed by atoms with Gasteiger partial charge in [0.25, 0.3) is 0 Å². The summed E-state index contributed by atoms with van der Waals surface area (Å²) < 4.78 is 1.88. The summed E-state index contributed by atoms with van der Waals surface area (Å²) in [5.74, 6) is -1.28. The van der Waals surface area contributed by atoms with Crippen molar-refractivity contribution < 1.29 is 14.7 Å². The molecule has 1 rings (SSSR count). The first-order valence-corrected chi connectivity index (χ1v) is 6.04. The van der Waals surface area contributed by atoms with Crippen molar-refractivity contribution in [1.29, 1.82) is 0 Å². The lowest BCUT2D eigenvalue weighted by Crippen LogP contribution is -2.39. The maximum absolute atomic E-state index is 11.7. The van der Waals surface area contributed by atoms with E-state index in [1.165, 1.54) is 6.92 Å². The van der Waals surface area contributed by atoms with Gasteiger partial charge in [-0.15, -0.1) is 0 Å². The summed E-state index contributed by atoms with van der Waals surface area (Å²) in [4.78, 5) is 26.3. The second-order valence-electron chi connectivity index (χ2n) is 4.28. The largest absolute Gasteiger partial charge is 0.480 e. The Labute approximate surface area is 106 Å². The average molecular weight is 253 g/mol. The van der Waals surface area contributed by atoms with Crippen molar-refractivity contribution in [3.8, 4) is 0 Å². The zero-order valence-electron chi connectivity index (χ0n) is 10.7. The number of hydrogen-bond donors (Lipinski definition) is 2. The van der Waals surface area contributed by atoms with Crippen molar-refractivity contribution in [2.24, 2.45) is 0 Å². The smallest absolute Gasteiger partial charge is 0.325 e. The maximum Gasteiger partial charge on any atom is 0.325 e. The molecule has 0 aliphatic heterocycles. The molecular weight excluding hydrogens is 234 g/mol. The summed E-state index contributed by atoms with van der Waals surface area (Å²) in [6, 6.07) is -0.832. The highest BCUT2D eigenvalue weighted by molar-refractivity contribution is 5.83. The van der Waals surface area contributed by atoms with E-state index in [1.807, 2.05) is 17.7 Å². The fraction of sp³-hybridized carbons (Fsp3) is 0.583. The maximum atomic E-state index is 11.7. The molecule has 0 aliphatic carbocycles. The molecule has 18 heavy (non-hydrogen) atoms. The van der Waals surface area contributed by atoms with Crippen LogP contribution < -0.4 is 5.32 Å². The van der Waals surface area contributed by atoms with Crippen LogP contribution in [0.15, 0.2) is 18.7 Å². The number of nitrogens with one attached hydrogen (secondary N) is 1. The predicted molar refractivity (Wildman–Crippen MR) is 66.0 cm³/mol. The van der Waals surface area contributed by atoms with Gasteiger partial charge in [-0.25, -0.2) is 4.98 Å². The minimum atomic E-state index is -1.03. The van der Waals surface area contributed by atoms with E-state index in [9.17, 15) is 9.59 Å². The lowest BCUT2D eigenvalue weighted by molar-refractivity contribution is -0.141. The summed E-state index contributed by atoms with van der Waals surface area (Å²) in [6.07, 6.45) is 7.22. The van der Waals surface area contributed by atoms with E-state index in [2.05, 4.69) is 10.3 Å². The molecule has 2 atom stereocenters. The quantitative estimate of drug-likeness (QED) is 0.764. The van der Waals surface area contributed by atoms with Crippen LogP contribution in [0, 0.1) is 0 Å². The second-order valence-corrected chi connectivity index (χ2v) is 4.28. The summed E-state index contributed by atoms with van der Waals surface area (Å²) in [7, 11) is 0. The van der Waals surface area contributed by atoms with Gasteiger partial charge in [-0.2, -0.15) is 0 Å². The molecular formula is C12H19N3O3. The van der Waals surface area contributed by atoms with Crippen molar-refractivity contribution in [2.75, 3.05) is 0 Å². The van der Waals surface area contributed by atoms with Crippen LogP contribution in [0.2, 0.25) is 0 Å². The molecule has 6 heteroatoms. The van der Waals surface area contributed by atoms with Crippen molar-refractivity contribution >= 4 is 11.9 Å². The Hall–Kier alpha value is -1.85. The zero-order chi connectivity index (χ0) is 13.5. The van der Waals surface area contributed by atoms with Crippen LogP contribution in [-0.2, 0) is 9.59 Å². The molecule has 1 unspecified atom stereocenters. The molecule has 1 aromatic rings. The van der Waals surface area contributed by atoms with Crippen molar-refractivity contribution in [3.05, 3.63) is 18.7 Å². The lowest BCUT2D eigenvalue weighted by atomic mass is 10.1. The Morgan fingerprint density at radius 1 is 1.50 bits per heavy atom. The number of nitrogens with zero attached hydrogens (tertiary/aromatic N) is 2. The molecule has 0 aliphatic rings. The number of carboxylic acids is 1. The molecule has 100 valence electrons. The first kappa shape index (κ1) is 14.2. The van der Waals surface area contributed by atoms with E-state index in [0.717, 1.165) is 12.8 Å². The fourth-order valence-corrected chi connectivity index (χ4v) is 1.75. The third-order valence-electron chi connectivity index (χ3n) is 2.74. The van der Waals surface area contributed by atoms with Crippen LogP contribution in [0.1, 0.15) is 39.2 Å². The van der Waals surface area contributed by atoms with Gasteiger partial charge in [0.2, 0.25) is 5.91 Å². The molecule has 0 saturated carbocycles. The molecule has 0 fully saturated rings. The van der Waals surface area contributed by atoms with Gasteiger partial charge in [0, 0.05) is 24.9 Å². The summed E-state index contributed by atoms with van der Waals surface area (Å²) in [5.41, 5.74) is 0. The van der Waals surface area contributed by atoms with E-state index in [4.69, 9.17) is 5.11 Å². The monoisotopic (exact) mass is 253 g/mol. The van der Waals surface area contributed by atoms with Crippen LogP contribution in [0.5, 0.6) is 0 Å². The van der Waals surface area contributed by atoms with Crippen LogP contribution in [0.3, 0.4) is 0 Å². The van der Waals surface area contributed by atoms with Gasteiger partial charge < -0.3 is 15.0 Å². The number of carbonyl (C=O) groups is 2. The number of aliphatic carboxylic acids is 1. The number of hydrogen-bond acceptors (Lipinski definition) is 3. The number of rotatable bonds is 7. The van der Waals surface area contributed by atoms with Gasteiger partial charge in [0.15, 0.2) is 0 Å². The predicted octanol–water partition coefficient (Wildman–Crippen LogP) is 1.20. The first-order valence-electron chi connectivity index (χ1n) is 6.04. The highest BCUT2D eigenvalue weighted by Gasteiger charge is 2.18. The molecule has 1 heterocycles. The molecule has 0 spiro atoms. The van der Waals surface area contributed by atoms with E-state index >= 15 is 0 Å².